The molecule has 17 nitrogen and oxygen atoms in total. The first-order chi connectivity index (χ1) is 43.2. The van der Waals surface area contributed by atoms with Gasteiger partial charge in [-0.25, -0.2) is 9.13 Å². The number of aliphatic hydroxyl groups excluding tert-OH is 1. The van der Waals surface area contributed by atoms with E-state index in [9.17, 15) is 43.2 Å². The summed E-state index contributed by atoms with van der Waals surface area (Å²) in [6, 6.07) is 0. The van der Waals surface area contributed by atoms with Crippen molar-refractivity contribution in [3.63, 3.8) is 0 Å². The molecule has 0 aliphatic rings. The van der Waals surface area contributed by atoms with E-state index >= 15 is 0 Å². The van der Waals surface area contributed by atoms with Gasteiger partial charge in [0.15, 0.2) is 12.2 Å². The summed E-state index contributed by atoms with van der Waals surface area (Å²) in [5.41, 5.74) is 0. The Hall–Kier alpha value is -1.94. The van der Waals surface area contributed by atoms with Crippen LogP contribution in [0.2, 0.25) is 0 Å². The number of aliphatic hydroxyl groups is 1. The van der Waals surface area contributed by atoms with Crippen LogP contribution in [-0.4, -0.2) is 96.7 Å². The molecule has 5 unspecified atom stereocenters. The van der Waals surface area contributed by atoms with Crippen molar-refractivity contribution >= 4 is 39.5 Å². The molecule has 7 atom stereocenters. The lowest BCUT2D eigenvalue weighted by atomic mass is 9.99. The number of hydrogen-bond donors (Lipinski definition) is 3. The second-order valence-electron chi connectivity index (χ2n) is 27.1. The number of carbonyl (C=O) groups is 4. The van der Waals surface area contributed by atoms with Gasteiger partial charge >= 0.3 is 39.5 Å². The standard InChI is InChI=1S/C71H138O17P2/c1-9-63(7)49-41-33-25-17-11-13-19-27-35-43-51-68(73)81-57-66(87-70(75)53-45-37-28-20-14-12-18-26-34-42-50-64(8)10-2)59-85-89(77,78)83-55-65(72)56-84-90(79,80)86-60-67(58-82-69(74)52-44-36-30-22-24-32-40-48-62(5)6)88-71(76)54-46-38-29-21-15-16-23-31-39-47-61(3)4/h61-67,72H,9-60H2,1-8H3,(H,77,78)(H,79,80)/t63?,64?,65?,66-,67-/m1/s1. The number of phosphoric ester groups is 2. The van der Waals surface area contributed by atoms with E-state index in [0.29, 0.717) is 31.6 Å². The highest BCUT2D eigenvalue weighted by atomic mass is 31.2. The van der Waals surface area contributed by atoms with E-state index in [4.69, 9.17) is 37.0 Å². The fourth-order valence-electron chi connectivity index (χ4n) is 10.6. The SMILES string of the molecule is CCC(C)CCCCCCCCCCCCC(=O)OC[C@H](COP(=O)(O)OCC(O)COP(=O)(O)OC[C@@H](COC(=O)CCCCCCCCCC(C)C)OC(=O)CCCCCCCCCCCC(C)C)OC(=O)CCCCCCCCCCCCC(C)CC. The molecule has 534 valence electrons. The number of unbranched alkanes of at least 4 members (excludes halogenated alkanes) is 32. The third-order valence-electron chi connectivity index (χ3n) is 17.0. The van der Waals surface area contributed by atoms with Gasteiger partial charge in [-0.05, 0) is 49.4 Å². The first kappa shape index (κ1) is 88.1. The van der Waals surface area contributed by atoms with Crippen LogP contribution in [0.5, 0.6) is 0 Å². The molecule has 0 heterocycles. The van der Waals surface area contributed by atoms with Crippen molar-refractivity contribution in [2.45, 2.75) is 369 Å². The van der Waals surface area contributed by atoms with Gasteiger partial charge in [-0.3, -0.25) is 37.3 Å². The largest absolute Gasteiger partial charge is 0.472 e. The van der Waals surface area contributed by atoms with Gasteiger partial charge in [-0.2, -0.15) is 0 Å². The molecule has 0 saturated heterocycles. The molecule has 0 aromatic heterocycles. The molecular formula is C71H138O17P2. The van der Waals surface area contributed by atoms with Gasteiger partial charge < -0.3 is 33.8 Å². The molecule has 0 spiro atoms. The monoisotopic (exact) mass is 1320 g/mol. The van der Waals surface area contributed by atoms with Crippen molar-refractivity contribution in [2.75, 3.05) is 39.6 Å². The quantitative estimate of drug-likeness (QED) is 0.0222. The average Bonchev–Trinajstić information content (AvgIpc) is 3.39. The Labute approximate surface area is 549 Å². The van der Waals surface area contributed by atoms with Gasteiger partial charge in [0.1, 0.15) is 19.3 Å². The van der Waals surface area contributed by atoms with Crippen LogP contribution in [0.1, 0.15) is 351 Å². The van der Waals surface area contributed by atoms with Gasteiger partial charge in [0.05, 0.1) is 26.4 Å². The highest BCUT2D eigenvalue weighted by Crippen LogP contribution is 2.45. The van der Waals surface area contributed by atoms with E-state index in [1.54, 1.807) is 0 Å². The third kappa shape index (κ3) is 62.2. The Kier molecular flexibility index (Phi) is 59.4. The molecular weight excluding hydrogens is 1190 g/mol. The van der Waals surface area contributed by atoms with Gasteiger partial charge in [0.2, 0.25) is 0 Å². The maximum Gasteiger partial charge on any atom is 0.472 e. The van der Waals surface area contributed by atoms with Gasteiger partial charge in [-0.1, -0.05) is 299 Å². The Bertz CT molecular complexity index is 1790. The van der Waals surface area contributed by atoms with Crippen molar-refractivity contribution in [3.8, 4) is 0 Å². The highest BCUT2D eigenvalue weighted by Gasteiger charge is 2.30. The molecule has 3 N–H and O–H groups in total. The first-order valence-electron chi connectivity index (χ1n) is 36.8. The fraction of sp³-hybridized carbons (Fsp3) is 0.944. The fourth-order valence-corrected chi connectivity index (χ4v) is 12.2. The minimum absolute atomic E-state index is 0.104. The number of hydrogen-bond acceptors (Lipinski definition) is 15. The van der Waals surface area contributed by atoms with Crippen LogP contribution < -0.4 is 0 Å². The molecule has 19 heteroatoms. The van der Waals surface area contributed by atoms with E-state index in [0.717, 1.165) is 114 Å². The second-order valence-corrected chi connectivity index (χ2v) is 30.0. The molecule has 0 aliphatic heterocycles. The predicted octanol–water partition coefficient (Wildman–Crippen LogP) is 20.1. The average molecular weight is 1330 g/mol. The molecule has 0 rings (SSSR count). The van der Waals surface area contributed by atoms with Crippen molar-refractivity contribution < 1.29 is 80.2 Å². The first-order valence-corrected chi connectivity index (χ1v) is 39.8. The smallest absolute Gasteiger partial charge is 0.462 e. The Morgan fingerprint density at radius 2 is 0.533 bits per heavy atom. The topological polar surface area (TPSA) is 237 Å². The lowest BCUT2D eigenvalue weighted by Crippen LogP contribution is -2.30. The lowest BCUT2D eigenvalue weighted by molar-refractivity contribution is -0.161. The van der Waals surface area contributed by atoms with E-state index in [-0.39, 0.29) is 25.7 Å². The Balaban J connectivity index is 5.27. The Morgan fingerprint density at radius 3 is 0.789 bits per heavy atom. The number of esters is 4. The molecule has 0 bridgehead atoms. The zero-order valence-electron chi connectivity index (χ0n) is 58.8. The van der Waals surface area contributed by atoms with Crippen LogP contribution in [0.25, 0.3) is 0 Å². The van der Waals surface area contributed by atoms with Crippen molar-refractivity contribution in [1.29, 1.82) is 0 Å². The summed E-state index contributed by atoms with van der Waals surface area (Å²) >= 11 is 0. The van der Waals surface area contributed by atoms with Crippen molar-refractivity contribution in [2.24, 2.45) is 23.7 Å². The van der Waals surface area contributed by atoms with E-state index < -0.39 is 97.5 Å². The summed E-state index contributed by atoms with van der Waals surface area (Å²) in [7, 11) is -9.90. The van der Waals surface area contributed by atoms with E-state index in [1.165, 1.54) is 148 Å². The third-order valence-corrected chi connectivity index (χ3v) is 18.9. The van der Waals surface area contributed by atoms with Crippen LogP contribution >= 0.6 is 15.6 Å². The summed E-state index contributed by atoms with van der Waals surface area (Å²) in [5.74, 6) is 0.925. The Morgan fingerprint density at radius 1 is 0.311 bits per heavy atom. The molecule has 0 radical (unpaired) electrons. The molecule has 0 amide bonds. The lowest BCUT2D eigenvalue weighted by Gasteiger charge is -2.21. The van der Waals surface area contributed by atoms with Gasteiger partial charge in [-0.15, -0.1) is 0 Å². The van der Waals surface area contributed by atoms with Gasteiger partial charge in [0.25, 0.3) is 0 Å². The minimum atomic E-state index is -4.95. The van der Waals surface area contributed by atoms with Crippen LogP contribution in [-0.2, 0) is 65.4 Å². The number of carbonyl (C=O) groups excluding carboxylic acids is 4. The number of ether oxygens (including phenoxy) is 4. The predicted molar refractivity (Wildman–Crippen MR) is 363 cm³/mol. The molecule has 0 aromatic rings. The summed E-state index contributed by atoms with van der Waals surface area (Å²) in [6.07, 6.45) is 43.0. The zero-order valence-corrected chi connectivity index (χ0v) is 60.6. The summed E-state index contributed by atoms with van der Waals surface area (Å²) in [4.78, 5) is 72.6. The van der Waals surface area contributed by atoms with E-state index in [1.807, 2.05) is 0 Å². The van der Waals surface area contributed by atoms with E-state index in [2.05, 4.69) is 55.4 Å². The molecule has 90 heavy (non-hydrogen) atoms. The second kappa shape index (κ2) is 60.7. The summed E-state index contributed by atoms with van der Waals surface area (Å²) < 4.78 is 68.3. The molecule has 0 saturated carbocycles. The zero-order chi connectivity index (χ0) is 66.8. The maximum atomic E-state index is 13.0. The number of phosphoric acid groups is 2. The van der Waals surface area contributed by atoms with Crippen molar-refractivity contribution in [3.05, 3.63) is 0 Å². The number of rotatable bonds is 68. The van der Waals surface area contributed by atoms with Crippen LogP contribution in [0.15, 0.2) is 0 Å². The highest BCUT2D eigenvalue weighted by molar-refractivity contribution is 7.47. The van der Waals surface area contributed by atoms with Crippen LogP contribution in [0, 0.1) is 23.7 Å². The minimum Gasteiger partial charge on any atom is -0.462 e. The van der Waals surface area contributed by atoms with Crippen LogP contribution in [0.3, 0.4) is 0 Å². The van der Waals surface area contributed by atoms with Gasteiger partial charge in [0, 0.05) is 25.7 Å². The molecule has 0 fully saturated rings. The summed E-state index contributed by atoms with van der Waals surface area (Å²) in [6.45, 7) is 14.1. The normalized spacial score (nSPS) is 14.9. The maximum absolute atomic E-state index is 13.0. The molecule has 0 aliphatic carbocycles. The summed E-state index contributed by atoms with van der Waals surface area (Å²) in [5, 5.41) is 10.6. The van der Waals surface area contributed by atoms with Crippen molar-refractivity contribution in [1.82, 2.24) is 0 Å². The van der Waals surface area contributed by atoms with Crippen LogP contribution in [0.4, 0.5) is 0 Å². The molecule has 0 aromatic carbocycles.